The van der Waals surface area contributed by atoms with Crippen LogP contribution in [0.3, 0.4) is 0 Å². The van der Waals surface area contributed by atoms with E-state index < -0.39 is 0 Å². The van der Waals surface area contributed by atoms with Crippen LogP contribution in [0.4, 0.5) is 5.69 Å². The van der Waals surface area contributed by atoms with Crippen LogP contribution in [0.25, 0.3) is 0 Å². The predicted molar refractivity (Wildman–Crippen MR) is 109 cm³/mol. The minimum Gasteiger partial charge on any atom is -0.328 e. The van der Waals surface area contributed by atoms with Crippen LogP contribution >= 0.6 is 34.5 Å². The monoisotopic (exact) mass is 405 g/mol. The molecule has 0 aliphatic carbocycles. The van der Waals surface area contributed by atoms with Crippen molar-refractivity contribution in [3.63, 3.8) is 0 Å². The van der Waals surface area contributed by atoms with Gasteiger partial charge < -0.3 is 10.6 Å². The van der Waals surface area contributed by atoms with Gasteiger partial charge in [0.15, 0.2) is 6.54 Å². The molecule has 0 radical (unpaired) electrons. The lowest BCUT2D eigenvalue weighted by Crippen LogP contribution is -2.87. The Balaban J connectivity index is 1.69. The third-order valence-electron chi connectivity index (χ3n) is 4.03. The standard InChI is InChI=1S/C20H18Cl2N2OS/c1-13-4-6-14(7-5-13)20(18-3-2-10-26-18)23-12-19(25)24-17-9-8-15(21)11-16(17)22/h2-11,20,23H,12H2,1H3,(H,24,25)/p+1/t20-/m0/s1. The number of nitrogens with two attached hydrogens (primary N) is 1. The first-order valence-corrected chi connectivity index (χ1v) is 9.84. The molecule has 1 aromatic heterocycles. The minimum atomic E-state index is -0.108. The number of aryl methyl sites for hydroxylation is 1. The van der Waals surface area contributed by atoms with Crippen molar-refractivity contribution in [3.05, 3.63) is 86.0 Å². The first kappa shape index (κ1) is 18.9. The lowest BCUT2D eigenvalue weighted by Gasteiger charge is -2.15. The highest BCUT2D eigenvalue weighted by Gasteiger charge is 2.20. The average Bonchev–Trinajstić information content (AvgIpc) is 3.13. The molecule has 6 heteroatoms. The lowest BCUT2D eigenvalue weighted by molar-refractivity contribution is -0.675. The maximum atomic E-state index is 12.4. The normalized spacial score (nSPS) is 12.0. The molecule has 1 amide bonds. The molecule has 0 bridgehead atoms. The average molecular weight is 406 g/mol. The molecular formula is C20H19Cl2N2OS+. The number of carbonyl (C=O) groups excluding carboxylic acids is 1. The number of hydrogen-bond acceptors (Lipinski definition) is 2. The summed E-state index contributed by atoms with van der Waals surface area (Å²) in [6.07, 6.45) is 0. The van der Waals surface area contributed by atoms with Gasteiger partial charge in [0.25, 0.3) is 5.91 Å². The highest BCUT2D eigenvalue weighted by molar-refractivity contribution is 7.10. The van der Waals surface area contributed by atoms with Crippen LogP contribution < -0.4 is 10.6 Å². The van der Waals surface area contributed by atoms with Gasteiger partial charge in [-0.25, -0.2) is 0 Å². The summed E-state index contributed by atoms with van der Waals surface area (Å²) in [5.74, 6) is -0.108. The van der Waals surface area contributed by atoms with E-state index in [1.807, 2.05) is 11.4 Å². The number of anilines is 1. The van der Waals surface area contributed by atoms with Gasteiger partial charge in [0.1, 0.15) is 6.04 Å². The second-order valence-corrected chi connectivity index (χ2v) is 7.84. The Hall–Kier alpha value is -1.85. The molecule has 1 heterocycles. The molecule has 0 fully saturated rings. The molecule has 3 nitrogen and oxygen atoms in total. The number of benzene rings is 2. The summed E-state index contributed by atoms with van der Waals surface area (Å²) in [6.45, 7) is 2.35. The summed E-state index contributed by atoms with van der Waals surface area (Å²) in [7, 11) is 0. The van der Waals surface area contributed by atoms with E-state index in [1.54, 1.807) is 29.5 Å². The number of hydrogen-bond donors (Lipinski definition) is 2. The van der Waals surface area contributed by atoms with Gasteiger partial charge in [0, 0.05) is 10.6 Å². The molecule has 26 heavy (non-hydrogen) atoms. The number of halogens is 2. The molecule has 3 rings (SSSR count). The number of nitrogens with one attached hydrogen (secondary N) is 1. The van der Waals surface area contributed by atoms with E-state index in [0.29, 0.717) is 15.7 Å². The Morgan fingerprint density at radius 3 is 2.58 bits per heavy atom. The third kappa shape index (κ3) is 4.86. The van der Waals surface area contributed by atoms with Crippen molar-refractivity contribution < 1.29 is 10.1 Å². The zero-order valence-electron chi connectivity index (χ0n) is 14.2. The molecule has 0 unspecified atom stereocenters. The van der Waals surface area contributed by atoms with Crippen LogP contribution in [0, 0.1) is 6.92 Å². The van der Waals surface area contributed by atoms with Gasteiger partial charge in [0.2, 0.25) is 0 Å². The quantitative estimate of drug-likeness (QED) is 0.615. The highest BCUT2D eigenvalue weighted by Crippen LogP contribution is 2.25. The zero-order valence-corrected chi connectivity index (χ0v) is 16.5. The molecule has 0 aliphatic rings. The van der Waals surface area contributed by atoms with Crippen LogP contribution in [0.2, 0.25) is 10.0 Å². The first-order valence-electron chi connectivity index (χ1n) is 8.21. The Morgan fingerprint density at radius 1 is 1.15 bits per heavy atom. The molecule has 0 saturated carbocycles. The molecule has 1 atom stereocenters. The summed E-state index contributed by atoms with van der Waals surface area (Å²) in [5, 5.41) is 7.90. The Kier molecular flexibility index (Phi) is 6.33. The van der Waals surface area contributed by atoms with Gasteiger partial charge in [-0.2, -0.15) is 0 Å². The molecule has 0 saturated heterocycles. The van der Waals surface area contributed by atoms with Crippen molar-refractivity contribution in [2.75, 3.05) is 11.9 Å². The van der Waals surface area contributed by atoms with Gasteiger partial charge >= 0.3 is 0 Å². The summed E-state index contributed by atoms with van der Waals surface area (Å²) in [6, 6.07) is 17.7. The van der Waals surface area contributed by atoms with Crippen LogP contribution in [0.1, 0.15) is 22.0 Å². The van der Waals surface area contributed by atoms with E-state index in [-0.39, 0.29) is 18.5 Å². The second kappa shape index (κ2) is 8.69. The maximum Gasteiger partial charge on any atom is 0.279 e. The largest absolute Gasteiger partial charge is 0.328 e. The first-order chi connectivity index (χ1) is 12.5. The number of quaternary nitrogens is 1. The van der Waals surface area contributed by atoms with E-state index >= 15 is 0 Å². The number of thiophene rings is 1. The SMILES string of the molecule is Cc1ccc([C@H]([NH2+]CC(=O)Nc2ccc(Cl)cc2Cl)c2cccs2)cc1. The van der Waals surface area contributed by atoms with Crippen molar-refractivity contribution >= 4 is 46.1 Å². The molecule has 2 aromatic carbocycles. The number of rotatable bonds is 6. The van der Waals surface area contributed by atoms with Crippen molar-refractivity contribution in [3.8, 4) is 0 Å². The summed E-state index contributed by atoms with van der Waals surface area (Å²) >= 11 is 13.7. The summed E-state index contributed by atoms with van der Waals surface area (Å²) in [5.41, 5.74) is 2.96. The predicted octanol–water partition coefficient (Wildman–Crippen LogP) is 4.65. The summed E-state index contributed by atoms with van der Waals surface area (Å²) in [4.78, 5) is 13.6. The van der Waals surface area contributed by atoms with E-state index in [1.165, 1.54) is 16.0 Å². The van der Waals surface area contributed by atoms with Crippen molar-refractivity contribution in [2.24, 2.45) is 0 Å². The van der Waals surface area contributed by atoms with Crippen molar-refractivity contribution in [1.29, 1.82) is 0 Å². The Labute approximate surface area is 167 Å². The van der Waals surface area contributed by atoms with E-state index in [9.17, 15) is 4.79 Å². The fourth-order valence-corrected chi connectivity index (χ4v) is 3.98. The van der Waals surface area contributed by atoms with Crippen LogP contribution in [-0.2, 0) is 4.79 Å². The van der Waals surface area contributed by atoms with E-state index in [4.69, 9.17) is 23.2 Å². The van der Waals surface area contributed by atoms with Crippen molar-refractivity contribution in [2.45, 2.75) is 13.0 Å². The van der Waals surface area contributed by atoms with Gasteiger partial charge in [-0.05, 0) is 36.6 Å². The van der Waals surface area contributed by atoms with Gasteiger partial charge in [0.05, 0.1) is 15.6 Å². The summed E-state index contributed by atoms with van der Waals surface area (Å²) < 4.78 is 0. The molecule has 0 aliphatic heterocycles. The highest BCUT2D eigenvalue weighted by atomic mass is 35.5. The van der Waals surface area contributed by atoms with Crippen LogP contribution in [0.5, 0.6) is 0 Å². The smallest absolute Gasteiger partial charge is 0.279 e. The third-order valence-corrected chi connectivity index (χ3v) is 5.53. The topological polar surface area (TPSA) is 45.7 Å². The molecule has 0 spiro atoms. The fraction of sp³-hybridized carbons (Fsp3) is 0.150. The lowest BCUT2D eigenvalue weighted by atomic mass is 10.0. The van der Waals surface area contributed by atoms with Crippen molar-refractivity contribution in [1.82, 2.24) is 0 Å². The molecule has 3 N–H and O–H groups in total. The zero-order chi connectivity index (χ0) is 18.5. The van der Waals surface area contributed by atoms with Gasteiger partial charge in [-0.1, -0.05) is 59.1 Å². The van der Waals surface area contributed by atoms with Gasteiger partial charge in [-0.3, -0.25) is 4.79 Å². The Bertz CT molecular complexity index is 879. The Morgan fingerprint density at radius 2 is 1.92 bits per heavy atom. The molecule has 134 valence electrons. The van der Waals surface area contributed by atoms with Gasteiger partial charge in [-0.15, -0.1) is 11.3 Å². The maximum absolute atomic E-state index is 12.4. The second-order valence-electron chi connectivity index (χ2n) is 6.02. The minimum absolute atomic E-state index is 0.0852. The van der Waals surface area contributed by atoms with Crippen LogP contribution in [-0.4, -0.2) is 12.5 Å². The molecular weight excluding hydrogens is 387 g/mol. The number of amides is 1. The van der Waals surface area contributed by atoms with Crippen LogP contribution in [0.15, 0.2) is 60.0 Å². The van der Waals surface area contributed by atoms with E-state index in [2.05, 4.69) is 48.0 Å². The fourth-order valence-electron chi connectivity index (χ4n) is 2.68. The molecule has 3 aromatic rings. The van der Waals surface area contributed by atoms with E-state index in [0.717, 1.165) is 0 Å². The number of carbonyl (C=O) groups is 1.